The summed E-state index contributed by atoms with van der Waals surface area (Å²) in [6.45, 7) is 3.31. The van der Waals surface area contributed by atoms with Crippen molar-refractivity contribution >= 4 is 17.3 Å². The van der Waals surface area contributed by atoms with Gasteiger partial charge in [0.05, 0.1) is 27.4 Å². The molecule has 3 aromatic rings. The molecule has 4 rings (SSSR count). The van der Waals surface area contributed by atoms with Crippen molar-refractivity contribution < 1.29 is 14.2 Å². The van der Waals surface area contributed by atoms with Gasteiger partial charge in [-0.1, -0.05) is 0 Å². The number of rotatable bonds is 6. The molecule has 1 aliphatic heterocycles. The predicted octanol–water partition coefficient (Wildman–Crippen LogP) is 2.53. The van der Waals surface area contributed by atoms with Crippen molar-refractivity contribution in [3.05, 3.63) is 42.6 Å². The minimum Gasteiger partial charge on any atom is -0.481 e. The van der Waals surface area contributed by atoms with Crippen LogP contribution in [0.3, 0.4) is 0 Å². The van der Waals surface area contributed by atoms with E-state index in [9.17, 15) is 0 Å². The summed E-state index contributed by atoms with van der Waals surface area (Å²) in [6, 6.07) is 11.9. The monoisotopic (exact) mass is 394 g/mol. The van der Waals surface area contributed by atoms with Crippen LogP contribution in [0.2, 0.25) is 0 Å². The van der Waals surface area contributed by atoms with Crippen LogP contribution in [-0.4, -0.2) is 60.5 Å². The molecule has 3 heterocycles. The van der Waals surface area contributed by atoms with Crippen LogP contribution in [0.1, 0.15) is 0 Å². The number of hydrogen-bond donors (Lipinski definition) is 1. The molecule has 9 heteroatoms. The molecule has 0 amide bonds. The van der Waals surface area contributed by atoms with Gasteiger partial charge in [0.2, 0.25) is 11.8 Å². The Morgan fingerprint density at radius 1 is 0.931 bits per heavy atom. The van der Waals surface area contributed by atoms with Crippen molar-refractivity contribution in [3.63, 3.8) is 0 Å². The van der Waals surface area contributed by atoms with E-state index in [1.165, 1.54) is 7.11 Å². The van der Waals surface area contributed by atoms with Crippen LogP contribution in [0, 0.1) is 0 Å². The summed E-state index contributed by atoms with van der Waals surface area (Å²) >= 11 is 0. The highest BCUT2D eigenvalue weighted by atomic mass is 16.5. The largest absolute Gasteiger partial charge is 0.481 e. The number of ether oxygens (including phenoxy) is 3. The van der Waals surface area contributed by atoms with E-state index in [0.29, 0.717) is 17.7 Å². The average molecular weight is 394 g/mol. The Morgan fingerprint density at radius 2 is 1.72 bits per heavy atom. The van der Waals surface area contributed by atoms with E-state index in [2.05, 4.69) is 42.3 Å². The van der Waals surface area contributed by atoms with E-state index in [0.717, 1.165) is 43.2 Å². The molecule has 0 saturated carbocycles. The number of aromatic nitrogens is 4. The third-order valence-electron chi connectivity index (χ3n) is 4.50. The average Bonchev–Trinajstić information content (AvgIpc) is 2.80. The summed E-state index contributed by atoms with van der Waals surface area (Å²) < 4.78 is 15.7. The molecule has 0 unspecified atom stereocenters. The summed E-state index contributed by atoms with van der Waals surface area (Å²) in [5.74, 6) is 1.37. The van der Waals surface area contributed by atoms with Gasteiger partial charge in [-0.2, -0.15) is 15.0 Å². The second-order valence-electron chi connectivity index (χ2n) is 6.33. The van der Waals surface area contributed by atoms with Crippen LogP contribution >= 0.6 is 0 Å². The fraction of sp³-hybridized carbons (Fsp3) is 0.300. The molecule has 29 heavy (non-hydrogen) atoms. The molecule has 0 aliphatic carbocycles. The zero-order chi connectivity index (χ0) is 20.1. The number of pyridine rings is 1. The number of anilines is 3. The van der Waals surface area contributed by atoms with Gasteiger partial charge in [0.1, 0.15) is 0 Å². The summed E-state index contributed by atoms with van der Waals surface area (Å²) in [5.41, 5.74) is 2.77. The van der Waals surface area contributed by atoms with Gasteiger partial charge < -0.3 is 24.4 Å². The van der Waals surface area contributed by atoms with Gasteiger partial charge in [0.15, 0.2) is 5.82 Å². The van der Waals surface area contributed by atoms with Crippen molar-refractivity contribution in [3.8, 4) is 23.3 Å². The van der Waals surface area contributed by atoms with E-state index in [1.807, 2.05) is 18.2 Å². The molecular weight excluding hydrogens is 372 g/mol. The SMILES string of the molecule is COc1ccc(-c2nc(Nc3ccc(N4CCOCC4)cc3)nc(OC)n2)cn1. The molecule has 1 aliphatic rings. The molecule has 1 N–H and O–H groups in total. The second-order valence-corrected chi connectivity index (χ2v) is 6.33. The van der Waals surface area contributed by atoms with Crippen molar-refractivity contribution in [2.75, 3.05) is 50.7 Å². The maximum absolute atomic E-state index is 5.41. The summed E-state index contributed by atoms with van der Waals surface area (Å²) in [5, 5.41) is 3.21. The minimum absolute atomic E-state index is 0.221. The Morgan fingerprint density at radius 3 is 2.38 bits per heavy atom. The van der Waals surface area contributed by atoms with E-state index in [1.54, 1.807) is 19.4 Å². The van der Waals surface area contributed by atoms with Crippen molar-refractivity contribution in [2.24, 2.45) is 0 Å². The Labute approximate surface area is 168 Å². The topological polar surface area (TPSA) is 94.5 Å². The van der Waals surface area contributed by atoms with Crippen molar-refractivity contribution in [1.82, 2.24) is 19.9 Å². The predicted molar refractivity (Wildman–Crippen MR) is 109 cm³/mol. The standard InChI is InChI=1S/C20H22N6O3/c1-27-17-8-3-14(13-21-17)18-23-19(25-20(24-18)28-2)22-15-4-6-16(7-5-15)26-9-11-29-12-10-26/h3-8,13H,9-12H2,1-2H3,(H,22,23,24,25). The van der Waals surface area contributed by atoms with Crippen LogP contribution in [0.25, 0.3) is 11.4 Å². The molecule has 1 fully saturated rings. The fourth-order valence-electron chi connectivity index (χ4n) is 2.97. The molecule has 9 nitrogen and oxygen atoms in total. The zero-order valence-corrected chi connectivity index (χ0v) is 16.3. The first-order chi connectivity index (χ1) is 14.2. The molecule has 1 aromatic carbocycles. The molecule has 0 atom stereocenters. The van der Waals surface area contributed by atoms with E-state index in [4.69, 9.17) is 14.2 Å². The van der Waals surface area contributed by atoms with Gasteiger partial charge in [0, 0.05) is 42.3 Å². The number of hydrogen-bond acceptors (Lipinski definition) is 9. The maximum atomic E-state index is 5.41. The number of nitrogens with zero attached hydrogens (tertiary/aromatic N) is 5. The van der Waals surface area contributed by atoms with E-state index in [-0.39, 0.29) is 6.01 Å². The van der Waals surface area contributed by atoms with E-state index < -0.39 is 0 Å². The molecule has 0 spiro atoms. The third kappa shape index (κ3) is 4.52. The number of methoxy groups -OCH3 is 2. The van der Waals surface area contributed by atoms with Crippen LogP contribution in [0.5, 0.6) is 11.9 Å². The summed E-state index contributed by atoms with van der Waals surface area (Å²) in [6.07, 6.45) is 1.65. The number of benzene rings is 1. The van der Waals surface area contributed by atoms with Gasteiger partial charge >= 0.3 is 6.01 Å². The van der Waals surface area contributed by atoms with Gasteiger partial charge in [-0.05, 0) is 30.3 Å². The number of nitrogens with one attached hydrogen (secondary N) is 1. The summed E-state index contributed by atoms with van der Waals surface area (Å²) in [7, 11) is 3.09. The first kappa shape index (κ1) is 18.9. The van der Waals surface area contributed by atoms with Gasteiger partial charge in [-0.15, -0.1) is 0 Å². The highest BCUT2D eigenvalue weighted by Gasteiger charge is 2.12. The van der Waals surface area contributed by atoms with Crippen LogP contribution in [0.4, 0.5) is 17.3 Å². The lowest BCUT2D eigenvalue weighted by molar-refractivity contribution is 0.122. The molecular formula is C20H22N6O3. The normalized spacial score (nSPS) is 13.8. The maximum Gasteiger partial charge on any atom is 0.321 e. The first-order valence-corrected chi connectivity index (χ1v) is 9.25. The molecule has 1 saturated heterocycles. The van der Waals surface area contributed by atoms with Crippen LogP contribution < -0.4 is 19.7 Å². The Balaban J connectivity index is 1.54. The van der Waals surface area contributed by atoms with Gasteiger partial charge in [-0.25, -0.2) is 4.98 Å². The zero-order valence-electron chi connectivity index (χ0n) is 16.3. The first-order valence-electron chi connectivity index (χ1n) is 9.25. The smallest absolute Gasteiger partial charge is 0.321 e. The second kappa shape index (κ2) is 8.70. The van der Waals surface area contributed by atoms with Crippen molar-refractivity contribution in [2.45, 2.75) is 0 Å². The Kier molecular flexibility index (Phi) is 5.66. The lowest BCUT2D eigenvalue weighted by Crippen LogP contribution is -2.36. The molecule has 150 valence electrons. The Hall–Kier alpha value is -3.46. The third-order valence-corrected chi connectivity index (χ3v) is 4.50. The minimum atomic E-state index is 0.221. The quantitative estimate of drug-likeness (QED) is 0.677. The van der Waals surface area contributed by atoms with Gasteiger partial charge in [-0.3, -0.25) is 0 Å². The molecule has 0 radical (unpaired) electrons. The van der Waals surface area contributed by atoms with Crippen LogP contribution in [-0.2, 0) is 4.74 Å². The number of morpholine rings is 1. The Bertz CT molecular complexity index is 943. The lowest BCUT2D eigenvalue weighted by Gasteiger charge is -2.28. The van der Waals surface area contributed by atoms with E-state index >= 15 is 0 Å². The van der Waals surface area contributed by atoms with Crippen molar-refractivity contribution in [1.29, 1.82) is 0 Å². The molecule has 2 aromatic heterocycles. The fourth-order valence-corrected chi connectivity index (χ4v) is 2.97. The lowest BCUT2D eigenvalue weighted by atomic mass is 10.2. The highest BCUT2D eigenvalue weighted by molar-refractivity contribution is 5.62. The van der Waals surface area contributed by atoms with Crippen LogP contribution in [0.15, 0.2) is 42.6 Å². The van der Waals surface area contributed by atoms with Gasteiger partial charge in [0.25, 0.3) is 0 Å². The summed E-state index contributed by atoms with van der Waals surface area (Å²) in [4.78, 5) is 19.6. The molecule has 0 bridgehead atoms. The highest BCUT2D eigenvalue weighted by Crippen LogP contribution is 2.23.